The summed E-state index contributed by atoms with van der Waals surface area (Å²) in [4.78, 5) is 32.1. The summed E-state index contributed by atoms with van der Waals surface area (Å²) < 4.78 is 7.64. The highest BCUT2D eigenvalue weighted by Gasteiger charge is 2.43. The molecule has 0 radical (unpaired) electrons. The first-order chi connectivity index (χ1) is 13.7. The molecular weight excluding hydrogens is 372 g/mol. The highest BCUT2D eigenvalue weighted by atomic mass is 16.5. The minimum absolute atomic E-state index is 0.0160. The van der Waals surface area contributed by atoms with E-state index < -0.39 is 11.2 Å². The maximum absolute atomic E-state index is 12.7. The number of nitrogens with zero attached hydrogens (tertiary/aromatic N) is 4. The van der Waals surface area contributed by atoms with Crippen LogP contribution in [0.1, 0.15) is 38.3 Å². The van der Waals surface area contributed by atoms with Gasteiger partial charge in [0.1, 0.15) is 5.82 Å². The maximum Gasteiger partial charge on any atom is 0.350 e. The minimum atomic E-state index is -0.509. The molecule has 9 nitrogen and oxygen atoms in total. The molecule has 4 N–H and O–H groups in total. The summed E-state index contributed by atoms with van der Waals surface area (Å²) in [5.41, 5.74) is 6.88. The molecule has 2 aromatic heterocycles. The van der Waals surface area contributed by atoms with Crippen molar-refractivity contribution in [2.75, 3.05) is 37.5 Å². The summed E-state index contributed by atoms with van der Waals surface area (Å²) in [6, 6.07) is 0.0158. The lowest BCUT2D eigenvalue weighted by Crippen LogP contribution is -2.44. The third kappa shape index (κ3) is 3.12. The molecule has 4 rings (SSSR count). The average molecular weight is 402 g/mol. The Balaban J connectivity index is 1.83. The highest BCUT2D eigenvalue weighted by Crippen LogP contribution is 2.41. The van der Waals surface area contributed by atoms with Crippen LogP contribution in [-0.2, 0) is 4.74 Å². The largest absolute Gasteiger partial charge is 0.383 e. The minimum Gasteiger partial charge on any atom is -0.383 e. The zero-order valence-electron chi connectivity index (χ0n) is 17.5. The topological polar surface area (TPSA) is 121 Å². The summed E-state index contributed by atoms with van der Waals surface area (Å²) in [7, 11) is 1.66. The van der Waals surface area contributed by atoms with Gasteiger partial charge in [-0.3, -0.25) is 9.36 Å². The van der Waals surface area contributed by atoms with Gasteiger partial charge in [-0.2, -0.15) is 4.68 Å². The molecule has 29 heavy (non-hydrogen) atoms. The molecule has 1 aliphatic heterocycles. The number of hydrogen-bond donors (Lipinski definition) is 2. The van der Waals surface area contributed by atoms with Crippen LogP contribution in [0, 0.1) is 18.3 Å². The third-order valence-electron chi connectivity index (χ3n) is 6.47. The number of aryl methyl sites for hydroxylation is 1. The molecular formula is C20H30N6O3. The normalized spacial score (nSPS) is 22.4. The first-order valence-corrected chi connectivity index (χ1v) is 10.1. The van der Waals surface area contributed by atoms with Gasteiger partial charge in [0.25, 0.3) is 5.56 Å². The van der Waals surface area contributed by atoms with Crippen LogP contribution >= 0.6 is 0 Å². The van der Waals surface area contributed by atoms with Crippen molar-refractivity contribution >= 4 is 16.7 Å². The van der Waals surface area contributed by atoms with Crippen molar-refractivity contribution in [3.8, 4) is 0 Å². The Morgan fingerprint density at radius 3 is 2.66 bits per heavy atom. The number of pyridine rings is 1. The van der Waals surface area contributed by atoms with E-state index in [-0.39, 0.29) is 23.4 Å². The fourth-order valence-corrected chi connectivity index (χ4v) is 4.82. The summed E-state index contributed by atoms with van der Waals surface area (Å²) in [6.45, 7) is 8.38. The predicted molar refractivity (Wildman–Crippen MR) is 113 cm³/mol. The van der Waals surface area contributed by atoms with E-state index in [9.17, 15) is 9.59 Å². The van der Waals surface area contributed by atoms with Crippen LogP contribution in [0.4, 0.5) is 5.82 Å². The molecule has 0 amide bonds. The Bertz CT molecular complexity index is 1070. The van der Waals surface area contributed by atoms with Crippen LogP contribution < -0.4 is 27.7 Å². The molecule has 3 heterocycles. The molecule has 1 aliphatic carbocycles. The molecule has 2 unspecified atom stereocenters. The molecule has 1 saturated heterocycles. The standard InChI is InChI=1S/C20H30N6O3/c1-11-16-13(18(27)26(22)19(28)25(16)12-5-6-12)7-23-17(11)24-8-14(15(21)9-29-4)20(2,3)10-24/h7,12,14-15H,5-6,8-10,21-22H2,1-4H3. The summed E-state index contributed by atoms with van der Waals surface area (Å²) in [5.74, 6) is 6.78. The van der Waals surface area contributed by atoms with Gasteiger partial charge >= 0.3 is 5.69 Å². The van der Waals surface area contributed by atoms with E-state index in [4.69, 9.17) is 16.3 Å². The van der Waals surface area contributed by atoms with Crippen LogP contribution in [0.2, 0.25) is 0 Å². The van der Waals surface area contributed by atoms with Crippen LogP contribution in [0.25, 0.3) is 10.9 Å². The first kappa shape index (κ1) is 19.9. The van der Waals surface area contributed by atoms with Gasteiger partial charge in [0.2, 0.25) is 0 Å². The monoisotopic (exact) mass is 402 g/mol. The zero-order valence-corrected chi connectivity index (χ0v) is 17.5. The number of rotatable bonds is 5. The SMILES string of the molecule is COCC(N)C1CN(c2ncc3c(=O)n(N)c(=O)n(C4CC4)c3c2C)CC1(C)C. The van der Waals surface area contributed by atoms with Crippen LogP contribution in [-0.4, -0.2) is 47.1 Å². The Morgan fingerprint density at radius 1 is 1.34 bits per heavy atom. The number of anilines is 1. The average Bonchev–Trinajstić information content (AvgIpc) is 3.44. The fourth-order valence-electron chi connectivity index (χ4n) is 4.82. The molecule has 2 aromatic rings. The Kier molecular flexibility index (Phi) is 4.70. The van der Waals surface area contributed by atoms with E-state index in [1.165, 1.54) is 0 Å². The number of aromatic nitrogens is 3. The zero-order chi connectivity index (χ0) is 21.1. The molecule has 2 aliphatic rings. The summed E-state index contributed by atoms with van der Waals surface area (Å²) in [5, 5.41) is 0.381. The number of methoxy groups -OCH3 is 1. The third-order valence-corrected chi connectivity index (χ3v) is 6.47. The van der Waals surface area contributed by atoms with E-state index in [2.05, 4.69) is 23.7 Å². The van der Waals surface area contributed by atoms with Gasteiger partial charge in [0.15, 0.2) is 0 Å². The van der Waals surface area contributed by atoms with Gasteiger partial charge < -0.3 is 21.2 Å². The van der Waals surface area contributed by atoms with Gasteiger partial charge in [-0.05, 0) is 25.2 Å². The van der Waals surface area contributed by atoms with Crippen molar-refractivity contribution in [2.24, 2.45) is 17.1 Å². The van der Waals surface area contributed by atoms with E-state index in [1.54, 1.807) is 17.9 Å². The second-order valence-corrected chi connectivity index (χ2v) is 9.12. The van der Waals surface area contributed by atoms with Crippen molar-refractivity contribution in [1.29, 1.82) is 0 Å². The lowest BCUT2D eigenvalue weighted by molar-refractivity contribution is 0.130. The Morgan fingerprint density at radius 2 is 2.03 bits per heavy atom. The van der Waals surface area contributed by atoms with E-state index in [0.717, 1.165) is 37.3 Å². The van der Waals surface area contributed by atoms with Gasteiger partial charge in [-0.1, -0.05) is 13.8 Å². The smallest absolute Gasteiger partial charge is 0.350 e. The predicted octanol–water partition coefficient (Wildman–Crippen LogP) is 0.351. The lowest BCUT2D eigenvalue weighted by atomic mass is 9.78. The number of nitrogens with two attached hydrogens (primary N) is 2. The highest BCUT2D eigenvalue weighted by molar-refractivity contribution is 5.84. The van der Waals surface area contributed by atoms with Crippen molar-refractivity contribution in [3.05, 3.63) is 32.6 Å². The lowest BCUT2D eigenvalue weighted by Gasteiger charge is -2.29. The van der Waals surface area contributed by atoms with E-state index in [1.807, 2.05) is 6.92 Å². The second kappa shape index (κ2) is 6.84. The number of fused-ring (bicyclic) bond motifs is 1. The molecule has 0 bridgehead atoms. The van der Waals surface area contributed by atoms with Crippen molar-refractivity contribution < 1.29 is 4.74 Å². The van der Waals surface area contributed by atoms with Crippen LogP contribution in [0.5, 0.6) is 0 Å². The van der Waals surface area contributed by atoms with Crippen molar-refractivity contribution in [1.82, 2.24) is 14.2 Å². The van der Waals surface area contributed by atoms with Gasteiger partial charge in [-0.15, -0.1) is 0 Å². The fraction of sp³-hybridized carbons (Fsp3) is 0.650. The van der Waals surface area contributed by atoms with Crippen LogP contribution in [0.15, 0.2) is 15.8 Å². The summed E-state index contributed by atoms with van der Waals surface area (Å²) >= 11 is 0. The molecule has 9 heteroatoms. The molecule has 0 aromatic carbocycles. The van der Waals surface area contributed by atoms with Gasteiger partial charge in [0.05, 0.1) is 17.5 Å². The quantitative estimate of drug-likeness (QED) is 0.692. The number of nitrogen functional groups attached to an aromatic ring is 1. The van der Waals surface area contributed by atoms with Gasteiger partial charge in [-0.25, -0.2) is 9.78 Å². The Labute approximate surface area is 169 Å². The van der Waals surface area contributed by atoms with E-state index in [0.29, 0.717) is 22.2 Å². The van der Waals surface area contributed by atoms with Gasteiger partial charge in [0, 0.05) is 50.0 Å². The molecule has 1 saturated carbocycles. The van der Waals surface area contributed by atoms with Crippen molar-refractivity contribution in [3.63, 3.8) is 0 Å². The Hall–Kier alpha value is -2.39. The maximum atomic E-state index is 12.7. The first-order valence-electron chi connectivity index (χ1n) is 10.1. The van der Waals surface area contributed by atoms with E-state index >= 15 is 0 Å². The molecule has 158 valence electrons. The molecule has 0 spiro atoms. The second-order valence-electron chi connectivity index (χ2n) is 9.12. The summed E-state index contributed by atoms with van der Waals surface area (Å²) in [6.07, 6.45) is 3.38. The van der Waals surface area contributed by atoms with Crippen molar-refractivity contribution in [2.45, 2.75) is 45.7 Å². The molecule has 2 atom stereocenters. The molecule has 2 fully saturated rings. The number of hydrogen-bond acceptors (Lipinski definition) is 7. The van der Waals surface area contributed by atoms with Crippen LogP contribution in [0.3, 0.4) is 0 Å². The number of ether oxygens (including phenoxy) is 1.